The second-order valence-corrected chi connectivity index (χ2v) is 6.65. The van der Waals surface area contributed by atoms with Crippen LogP contribution in [0.15, 0.2) is 91.0 Å². The van der Waals surface area contributed by atoms with Gasteiger partial charge >= 0.3 is 5.97 Å². The van der Waals surface area contributed by atoms with Gasteiger partial charge in [0.15, 0.2) is 0 Å². The normalized spacial score (nSPS) is 13.0. The zero-order valence-electron chi connectivity index (χ0n) is 14.9. The lowest BCUT2D eigenvalue weighted by atomic mass is 9.89. The van der Waals surface area contributed by atoms with Gasteiger partial charge in [-0.05, 0) is 30.2 Å². The molecule has 3 aromatic rings. The first-order chi connectivity index (χ1) is 12.6. The van der Waals surface area contributed by atoms with E-state index in [2.05, 4.69) is 0 Å². The first-order valence-corrected chi connectivity index (χ1v) is 8.73. The Balaban J connectivity index is 2.03. The Morgan fingerprint density at radius 1 is 0.808 bits per heavy atom. The fraction of sp³-hybridized carbons (Fsp3) is 0.174. The van der Waals surface area contributed by atoms with Gasteiger partial charge in [-0.15, -0.1) is 0 Å². The van der Waals surface area contributed by atoms with Crippen LogP contribution in [0.3, 0.4) is 0 Å². The summed E-state index contributed by atoms with van der Waals surface area (Å²) in [7, 11) is 0. The van der Waals surface area contributed by atoms with Gasteiger partial charge in [0.25, 0.3) is 0 Å². The van der Waals surface area contributed by atoms with Crippen LogP contribution < -0.4 is 4.90 Å². The molecular weight excluding hydrogens is 322 g/mol. The van der Waals surface area contributed by atoms with Crippen molar-refractivity contribution in [2.24, 2.45) is 0 Å². The van der Waals surface area contributed by atoms with Crippen LogP contribution in [-0.2, 0) is 17.8 Å². The van der Waals surface area contributed by atoms with Gasteiger partial charge in [0.2, 0.25) is 0 Å². The SMILES string of the molecule is C[C@@](Cc1ccccc1)(C(=O)O)N(Cc1ccccc1)c1ccccc1. The molecule has 3 rings (SSSR count). The van der Waals surface area contributed by atoms with E-state index in [1.54, 1.807) is 6.92 Å². The second-order valence-electron chi connectivity index (χ2n) is 6.65. The van der Waals surface area contributed by atoms with Crippen molar-refractivity contribution in [3.63, 3.8) is 0 Å². The van der Waals surface area contributed by atoms with Crippen molar-refractivity contribution in [1.82, 2.24) is 0 Å². The first-order valence-electron chi connectivity index (χ1n) is 8.73. The predicted octanol–water partition coefficient (Wildman–Crippen LogP) is 4.78. The van der Waals surface area contributed by atoms with Crippen LogP contribution in [0.5, 0.6) is 0 Å². The minimum Gasteiger partial charge on any atom is -0.479 e. The number of hydrogen-bond acceptors (Lipinski definition) is 2. The van der Waals surface area contributed by atoms with E-state index in [4.69, 9.17) is 0 Å². The van der Waals surface area contributed by atoms with Crippen LogP contribution in [0.2, 0.25) is 0 Å². The highest BCUT2D eigenvalue weighted by molar-refractivity contribution is 5.83. The number of carboxylic acids is 1. The van der Waals surface area contributed by atoms with Crippen molar-refractivity contribution in [3.05, 3.63) is 102 Å². The Kier molecular flexibility index (Phi) is 5.37. The molecule has 0 aliphatic heterocycles. The number of hydrogen-bond donors (Lipinski definition) is 1. The molecule has 0 radical (unpaired) electrons. The zero-order chi connectivity index (χ0) is 18.4. The van der Waals surface area contributed by atoms with Crippen molar-refractivity contribution >= 4 is 11.7 Å². The molecule has 26 heavy (non-hydrogen) atoms. The highest BCUT2D eigenvalue weighted by Crippen LogP contribution is 2.30. The molecule has 0 heterocycles. The largest absolute Gasteiger partial charge is 0.479 e. The number of para-hydroxylation sites is 1. The number of benzene rings is 3. The van der Waals surface area contributed by atoms with Gasteiger partial charge in [0.05, 0.1) is 0 Å². The van der Waals surface area contributed by atoms with Crippen molar-refractivity contribution in [1.29, 1.82) is 0 Å². The van der Waals surface area contributed by atoms with Crippen molar-refractivity contribution < 1.29 is 9.90 Å². The van der Waals surface area contributed by atoms with Crippen molar-refractivity contribution in [2.45, 2.75) is 25.4 Å². The third-order valence-electron chi connectivity index (χ3n) is 4.70. The van der Waals surface area contributed by atoms with Crippen LogP contribution in [0.25, 0.3) is 0 Å². The molecular formula is C23H23NO2. The molecule has 0 saturated heterocycles. The summed E-state index contributed by atoms with van der Waals surface area (Å²) in [6.07, 6.45) is 0.422. The van der Waals surface area contributed by atoms with E-state index >= 15 is 0 Å². The summed E-state index contributed by atoms with van der Waals surface area (Å²) in [4.78, 5) is 14.4. The molecule has 0 amide bonds. The van der Waals surface area contributed by atoms with E-state index < -0.39 is 11.5 Å². The molecule has 3 aromatic carbocycles. The maximum atomic E-state index is 12.4. The molecule has 1 atom stereocenters. The average Bonchev–Trinajstić information content (AvgIpc) is 2.68. The van der Waals surface area contributed by atoms with Crippen molar-refractivity contribution in [3.8, 4) is 0 Å². The van der Waals surface area contributed by atoms with Crippen LogP contribution in [0, 0.1) is 0 Å². The van der Waals surface area contributed by atoms with Crippen LogP contribution in [0.4, 0.5) is 5.69 Å². The van der Waals surface area contributed by atoms with Gasteiger partial charge in [0, 0.05) is 18.7 Å². The Morgan fingerprint density at radius 3 is 1.77 bits per heavy atom. The minimum atomic E-state index is -1.07. The Bertz CT molecular complexity index is 834. The number of rotatable bonds is 7. The third-order valence-corrected chi connectivity index (χ3v) is 4.70. The lowest BCUT2D eigenvalue weighted by Gasteiger charge is -2.40. The maximum absolute atomic E-state index is 12.4. The van der Waals surface area contributed by atoms with Gasteiger partial charge in [-0.2, -0.15) is 0 Å². The van der Waals surface area contributed by atoms with E-state index in [0.29, 0.717) is 13.0 Å². The third kappa shape index (κ3) is 3.94. The topological polar surface area (TPSA) is 40.5 Å². The van der Waals surface area contributed by atoms with Crippen LogP contribution >= 0.6 is 0 Å². The van der Waals surface area contributed by atoms with Crippen molar-refractivity contribution in [2.75, 3.05) is 4.90 Å². The van der Waals surface area contributed by atoms with Crippen LogP contribution in [0.1, 0.15) is 18.1 Å². The molecule has 0 unspecified atom stereocenters. The highest BCUT2D eigenvalue weighted by atomic mass is 16.4. The van der Waals surface area contributed by atoms with Gasteiger partial charge in [-0.3, -0.25) is 0 Å². The zero-order valence-corrected chi connectivity index (χ0v) is 14.9. The molecule has 3 nitrogen and oxygen atoms in total. The van der Waals surface area contributed by atoms with Gasteiger partial charge < -0.3 is 10.0 Å². The van der Waals surface area contributed by atoms with Gasteiger partial charge in [-0.1, -0.05) is 78.9 Å². The first kappa shape index (κ1) is 17.7. The Morgan fingerprint density at radius 2 is 1.27 bits per heavy atom. The summed E-state index contributed by atoms with van der Waals surface area (Å²) in [5, 5.41) is 10.2. The summed E-state index contributed by atoms with van der Waals surface area (Å²) in [6.45, 7) is 2.33. The van der Waals surface area contributed by atoms with E-state index in [0.717, 1.165) is 16.8 Å². The molecule has 0 aliphatic carbocycles. The van der Waals surface area contributed by atoms with E-state index in [1.165, 1.54) is 0 Å². The minimum absolute atomic E-state index is 0.422. The molecule has 0 fully saturated rings. The van der Waals surface area contributed by atoms with E-state index in [1.807, 2.05) is 95.9 Å². The number of nitrogens with zero attached hydrogens (tertiary/aromatic N) is 1. The van der Waals surface area contributed by atoms with Crippen LogP contribution in [-0.4, -0.2) is 16.6 Å². The lowest BCUT2D eigenvalue weighted by Crippen LogP contribution is -2.54. The fourth-order valence-electron chi connectivity index (χ4n) is 3.20. The molecule has 132 valence electrons. The van der Waals surface area contributed by atoms with Gasteiger partial charge in [-0.25, -0.2) is 4.79 Å². The fourth-order valence-corrected chi connectivity index (χ4v) is 3.20. The molecule has 0 aromatic heterocycles. The summed E-state index contributed by atoms with van der Waals surface area (Å²) in [5.74, 6) is -0.832. The summed E-state index contributed by atoms with van der Waals surface area (Å²) < 4.78 is 0. The monoisotopic (exact) mass is 345 g/mol. The second kappa shape index (κ2) is 7.87. The standard InChI is InChI=1S/C23H23NO2/c1-23(22(25)26,17-19-11-5-2-6-12-19)24(21-15-9-4-10-16-21)18-20-13-7-3-8-14-20/h2-16H,17-18H2,1H3,(H,25,26)/t23-/m1/s1. The molecule has 3 heteroatoms. The number of carbonyl (C=O) groups is 1. The quantitative estimate of drug-likeness (QED) is 0.670. The highest BCUT2D eigenvalue weighted by Gasteiger charge is 2.40. The molecule has 0 bridgehead atoms. The number of aliphatic carboxylic acids is 1. The number of carboxylic acid groups (broad SMARTS) is 1. The Hall–Kier alpha value is -3.07. The summed E-state index contributed by atoms with van der Waals surface area (Å²) in [5.41, 5.74) is 1.92. The summed E-state index contributed by atoms with van der Waals surface area (Å²) in [6, 6.07) is 29.5. The summed E-state index contributed by atoms with van der Waals surface area (Å²) >= 11 is 0. The molecule has 0 aliphatic rings. The maximum Gasteiger partial charge on any atom is 0.329 e. The van der Waals surface area contributed by atoms with E-state index in [9.17, 15) is 9.90 Å². The Labute approximate surface area is 154 Å². The molecule has 1 N–H and O–H groups in total. The smallest absolute Gasteiger partial charge is 0.329 e. The lowest BCUT2D eigenvalue weighted by molar-refractivity contribution is -0.142. The average molecular weight is 345 g/mol. The predicted molar refractivity (Wildman–Crippen MR) is 105 cm³/mol. The van der Waals surface area contributed by atoms with Gasteiger partial charge in [0.1, 0.15) is 5.54 Å². The number of anilines is 1. The molecule has 0 spiro atoms. The molecule has 0 saturated carbocycles. The van der Waals surface area contributed by atoms with E-state index in [-0.39, 0.29) is 0 Å².